The van der Waals surface area contributed by atoms with Crippen molar-refractivity contribution in [3.05, 3.63) is 195 Å². The largest absolute Gasteiger partial charge is 0.491 e. The number of carbonyl (C=O) groups is 11. The van der Waals surface area contributed by atoms with Crippen molar-refractivity contribution >= 4 is 134 Å². The van der Waals surface area contributed by atoms with Crippen molar-refractivity contribution in [3.63, 3.8) is 0 Å². The lowest BCUT2D eigenvalue weighted by molar-refractivity contribution is -0.117. The van der Waals surface area contributed by atoms with Crippen molar-refractivity contribution in [2.75, 3.05) is 83.2 Å². The maximum Gasteiger partial charge on any atom is 0.291 e. The average molecular weight is 1650 g/mol. The van der Waals surface area contributed by atoms with Gasteiger partial charge in [-0.05, 0) is 87.4 Å². The molecule has 2 aromatic carbocycles. The van der Waals surface area contributed by atoms with Gasteiger partial charge in [0.2, 0.25) is 41.1 Å². The van der Waals surface area contributed by atoms with Gasteiger partial charge in [0.15, 0.2) is 29.1 Å². The summed E-state index contributed by atoms with van der Waals surface area (Å²) in [6.07, 6.45) is 12.0. The van der Waals surface area contributed by atoms with E-state index in [1.165, 1.54) is 82.8 Å². The van der Waals surface area contributed by atoms with Gasteiger partial charge < -0.3 is 99.9 Å². The standard InChI is InChI=1S/C77H85ClN26O13S/c1-42-43(2)118-77-63(42)64(45-13-15-46(78)16-14-45)88-52(65-96-95-44(3)104(65)77)35-62(108)84-47-17-19-51(20-18-47)117-31-30-116-29-27-83-73(112)67-92-57(39-101(67)8)90-60(106)21-24-82-72(111)55-34-50(38-100(55)7)87-75(114)68-93-56(40-102(68)9)89-59(105)12-11-23-80-70(109)53-33-49(37-98(53)5)86-76(115)69-94-58(41-103(69)10)91-61(107)22-25-81-71(110)54-32-48(36-99(54)6)85-74(113)66-79-26-28-97(66)4/h13-20,26,28,32-34,36-41,52H,11-12,21-25,27,29-31,35H2,1-10H3,(H,80,109)(H,81,110)(H,82,111)(H,83,112)(H,84,108)(H,85,113)(H,86,115)(H,87,114)(H,89,105)(H,90,106)(H,91,107)/t52-/m0/s1. The number of imidazole rings is 4. The molecule has 11 amide bonds. The van der Waals surface area contributed by atoms with Gasteiger partial charge in [0, 0.05) is 171 Å². The van der Waals surface area contributed by atoms with Crippen LogP contribution in [0.15, 0.2) is 121 Å². The first kappa shape index (κ1) is 83.3. The molecular formula is C77H85ClN26O13S. The SMILES string of the molecule is Cc1sc2c(c1C)C(c1ccc(Cl)cc1)=N[C@@H](CC(=O)Nc1ccc(OCCOCCNC(=O)c3nc(NC(=O)CCNC(=O)c4cc(NC(=O)c5nc(NC(=O)CCCNC(=O)c6cc(NC(=O)c7nc(NC(=O)CCNC(=O)c8cc(NC(=O)c9nccn9C)cn8C)cn7C)cn6C)cn5C)cn4C)cn3C)cc1)c1nnc(C)n1-2. The third-order valence-electron chi connectivity index (χ3n) is 18.6. The minimum atomic E-state index is -0.648. The topological polar surface area (TPSA) is 468 Å². The zero-order chi connectivity index (χ0) is 84.2. The minimum absolute atomic E-state index is 0.00467. The van der Waals surface area contributed by atoms with Crippen LogP contribution in [0.5, 0.6) is 5.75 Å². The maximum absolute atomic E-state index is 13.7. The summed E-state index contributed by atoms with van der Waals surface area (Å²) in [4.78, 5) is 167. The van der Waals surface area contributed by atoms with Crippen LogP contribution in [0.2, 0.25) is 5.02 Å². The van der Waals surface area contributed by atoms with Gasteiger partial charge in [-0.3, -0.25) is 62.3 Å². The second kappa shape index (κ2) is 37.0. The molecule has 12 rings (SSSR count). The molecule has 1 atom stereocenters. The van der Waals surface area contributed by atoms with Crippen molar-refractivity contribution in [3.8, 4) is 10.8 Å². The van der Waals surface area contributed by atoms with Crippen molar-refractivity contribution in [1.29, 1.82) is 0 Å². The molecule has 0 spiro atoms. The molecule has 1 aliphatic heterocycles. The Labute approximate surface area is 682 Å². The van der Waals surface area contributed by atoms with Crippen LogP contribution in [0.4, 0.5) is 40.2 Å². The first-order chi connectivity index (χ1) is 56.5. The molecule has 0 radical (unpaired) electrons. The minimum Gasteiger partial charge on any atom is -0.491 e. The third kappa shape index (κ3) is 20.3. The Hall–Kier alpha value is -14.2. The van der Waals surface area contributed by atoms with E-state index in [4.69, 9.17) is 26.1 Å². The highest BCUT2D eigenvalue weighted by atomic mass is 35.5. The van der Waals surface area contributed by atoms with Crippen LogP contribution in [-0.2, 0) is 73.2 Å². The van der Waals surface area contributed by atoms with Gasteiger partial charge in [0.25, 0.3) is 41.4 Å². The number of amides is 11. The Balaban J connectivity index is 0.500. The van der Waals surface area contributed by atoms with Crippen LogP contribution in [0, 0.1) is 20.8 Å². The fourth-order valence-corrected chi connectivity index (χ4v) is 14.0. The molecule has 0 unspecified atom stereocenters. The van der Waals surface area contributed by atoms with Crippen molar-refractivity contribution in [1.82, 2.24) is 87.9 Å². The second-order valence-corrected chi connectivity index (χ2v) is 29.1. The van der Waals surface area contributed by atoms with Gasteiger partial charge >= 0.3 is 0 Å². The number of rotatable bonds is 34. The first-order valence-electron chi connectivity index (χ1n) is 37.0. The Bertz CT molecular complexity index is 5710. The lowest BCUT2D eigenvalue weighted by Crippen LogP contribution is -2.30. The smallest absolute Gasteiger partial charge is 0.291 e. The fourth-order valence-electron chi connectivity index (χ4n) is 12.6. The summed E-state index contributed by atoms with van der Waals surface area (Å²) in [5, 5.41) is 40.3. The quantitative estimate of drug-likeness (QED) is 0.0205. The number of aryl methyl sites for hydroxylation is 9. The number of carbonyl (C=O) groups excluding carboxylic acids is 11. The van der Waals surface area contributed by atoms with E-state index in [1.807, 2.05) is 35.8 Å². The highest BCUT2D eigenvalue weighted by Gasteiger charge is 2.33. The van der Waals surface area contributed by atoms with E-state index in [0.717, 1.165) is 32.3 Å². The van der Waals surface area contributed by atoms with Crippen LogP contribution < -0.4 is 63.2 Å². The van der Waals surface area contributed by atoms with E-state index in [0.29, 0.717) is 33.8 Å². The molecule has 0 bridgehead atoms. The molecule has 1 aliphatic rings. The van der Waals surface area contributed by atoms with Crippen LogP contribution in [0.3, 0.4) is 0 Å². The van der Waals surface area contributed by atoms with Crippen LogP contribution in [0.25, 0.3) is 5.00 Å². The molecule has 118 heavy (non-hydrogen) atoms. The van der Waals surface area contributed by atoms with E-state index in [1.54, 1.807) is 102 Å². The molecule has 11 N–H and O–H groups in total. The van der Waals surface area contributed by atoms with E-state index < -0.39 is 65.1 Å². The number of aliphatic imine (C=N–C) groups is 1. The number of hydrogen-bond acceptors (Lipinski definition) is 21. The molecule has 10 heterocycles. The third-order valence-corrected chi connectivity index (χ3v) is 20.0. The van der Waals surface area contributed by atoms with Gasteiger partial charge in [0.05, 0.1) is 42.4 Å². The fraction of sp³-hybridized carbons (Fsp3) is 0.299. The predicted octanol–water partition coefficient (Wildman–Crippen LogP) is 6.03. The molecule has 0 fully saturated rings. The summed E-state index contributed by atoms with van der Waals surface area (Å²) >= 11 is 7.90. The molecule has 39 nitrogen and oxygen atoms in total. The Morgan fingerprint density at radius 1 is 0.466 bits per heavy atom. The Morgan fingerprint density at radius 3 is 1.46 bits per heavy atom. The number of hydrogen-bond donors (Lipinski definition) is 11. The summed E-state index contributed by atoms with van der Waals surface area (Å²) in [6.45, 7) is 6.74. The molecule has 9 aromatic heterocycles. The van der Waals surface area contributed by atoms with E-state index >= 15 is 0 Å². The number of nitrogens with one attached hydrogen (secondary N) is 11. The van der Waals surface area contributed by atoms with Gasteiger partial charge in [-0.2, -0.15) is 0 Å². The van der Waals surface area contributed by atoms with Gasteiger partial charge in [-0.1, -0.05) is 23.7 Å². The molecule has 0 saturated heterocycles. The predicted molar refractivity (Wildman–Crippen MR) is 436 cm³/mol. The number of halogens is 1. The molecular weight excluding hydrogens is 1560 g/mol. The summed E-state index contributed by atoms with van der Waals surface area (Å²) in [6, 6.07) is 18.2. The lowest BCUT2D eigenvalue weighted by Gasteiger charge is -2.13. The maximum atomic E-state index is 13.7. The lowest BCUT2D eigenvalue weighted by atomic mass is 9.99. The number of thiophene rings is 1. The molecule has 614 valence electrons. The second-order valence-electron chi connectivity index (χ2n) is 27.5. The van der Waals surface area contributed by atoms with Crippen molar-refractivity contribution in [2.45, 2.75) is 58.9 Å². The zero-order valence-corrected chi connectivity index (χ0v) is 67.4. The van der Waals surface area contributed by atoms with Crippen LogP contribution in [0.1, 0.15) is 145 Å². The molecule has 0 saturated carbocycles. The Morgan fingerprint density at radius 2 is 0.949 bits per heavy atom. The molecule has 0 aliphatic carbocycles. The van der Waals surface area contributed by atoms with E-state index in [9.17, 15) is 52.7 Å². The van der Waals surface area contributed by atoms with Crippen LogP contribution >= 0.6 is 22.9 Å². The van der Waals surface area contributed by atoms with Gasteiger partial charge in [-0.25, -0.2) is 19.9 Å². The first-order valence-corrected chi connectivity index (χ1v) is 38.2. The number of nitrogens with zero attached hydrogens (tertiary/aromatic N) is 15. The summed E-state index contributed by atoms with van der Waals surface area (Å²) in [7, 11) is 11.2. The van der Waals surface area contributed by atoms with Crippen molar-refractivity contribution < 1.29 is 62.2 Å². The summed E-state index contributed by atoms with van der Waals surface area (Å²) in [5.41, 5.74) is 5.75. The van der Waals surface area contributed by atoms with Gasteiger partial charge in [0.1, 0.15) is 46.3 Å². The van der Waals surface area contributed by atoms with Crippen LogP contribution in [-0.4, -0.2) is 183 Å². The summed E-state index contributed by atoms with van der Waals surface area (Å²) < 4.78 is 23.9. The van der Waals surface area contributed by atoms with Gasteiger partial charge in [-0.15, -0.1) is 21.5 Å². The number of benzene rings is 2. The Kier molecular flexibility index (Phi) is 26.1. The molecule has 41 heteroatoms. The number of aromatic nitrogens is 14. The zero-order valence-electron chi connectivity index (χ0n) is 65.8. The summed E-state index contributed by atoms with van der Waals surface area (Å²) in [5.74, 6) is -3.24. The monoisotopic (exact) mass is 1650 g/mol. The number of anilines is 7. The van der Waals surface area contributed by atoms with E-state index in [-0.39, 0.29) is 153 Å². The highest BCUT2D eigenvalue weighted by molar-refractivity contribution is 7.15. The molecule has 11 aromatic rings. The average Bonchev–Trinajstić information content (AvgIpc) is 1.59. The normalized spacial score (nSPS) is 12.1. The number of ether oxygens (including phenoxy) is 2. The van der Waals surface area contributed by atoms with Crippen molar-refractivity contribution in [2.24, 2.45) is 54.3 Å². The number of fused-ring (bicyclic) bond motifs is 3. The highest BCUT2D eigenvalue weighted by Crippen LogP contribution is 2.40. The van der Waals surface area contributed by atoms with E-state index in [2.05, 4.69) is 102 Å².